The molecule has 12 nitrogen and oxygen atoms in total. The zero-order chi connectivity index (χ0) is 32.6. The Kier molecular flexibility index (Phi) is 11.3. The lowest BCUT2D eigenvalue weighted by molar-refractivity contribution is -0.141. The predicted molar refractivity (Wildman–Crippen MR) is 178 cm³/mol. The first-order chi connectivity index (χ1) is 22.3. The maximum atomic E-state index is 14.0. The normalized spacial score (nSPS) is 20.0. The van der Waals surface area contributed by atoms with Gasteiger partial charge in [-0.1, -0.05) is 47.6 Å². The lowest BCUT2D eigenvalue weighted by Crippen LogP contribution is -2.59. The van der Waals surface area contributed by atoms with Crippen LogP contribution >= 0.6 is 23.4 Å². The summed E-state index contributed by atoms with van der Waals surface area (Å²) in [6.45, 7) is 0.717. The Morgan fingerprint density at radius 2 is 1.85 bits per heavy atom. The Hall–Kier alpha value is -4.01. The van der Waals surface area contributed by atoms with E-state index in [1.165, 1.54) is 16.7 Å². The van der Waals surface area contributed by atoms with Crippen LogP contribution in [0.4, 0.5) is 0 Å². The molecule has 46 heavy (non-hydrogen) atoms. The molecular formula is C32H38ClN9O3S. The van der Waals surface area contributed by atoms with Crippen molar-refractivity contribution in [3.8, 4) is 0 Å². The van der Waals surface area contributed by atoms with Crippen LogP contribution in [-0.4, -0.2) is 75.8 Å². The second-order valence-corrected chi connectivity index (χ2v) is 12.5. The van der Waals surface area contributed by atoms with Crippen molar-refractivity contribution in [1.29, 1.82) is 0 Å². The molecule has 5 rings (SSSR count). The summed E-state index contributed by atoms with van der Waals surface area (Å²) in [4.78, 5) is 55.7. The van der Waals surface area contributed by atoms with Gasteiger partial charge in [0.1, 0.15) is 22.3 Å². The zero-order valence-electron chi connectivity index (χ0n) is 25.5. The number of carbonyl (C=O) groups is 3. The lowest BCUT2D eigenvalue weighted by atomic mass is 10.0. The molecule has 0 aliphatic carbocycles. The molecule has 0 saturated carbocycles. The van der Waals surface area contributed by atoms with Gasteiger partial charge in [-0.15, -0.1) is 0 Å². The fourth-order valence-corrected chi connectivity index (χ4v) is 6.57. The number of nitrogens with one attached hydrogen (secondary N) is 4. The molecule has 0 saturated heterocycles. The quantitative estimate of drug-likeness (QED) is 0.168. The number of hydrogen-bond donors (Lipinski definition) is 6. The van der Waals surface area contributed by atoms with Crippen molar-refractivity contribution in [3.63, 3.8) is 0 Å². The average Bonchev–Trinajstić information content (AvgIpc) is 3.48. The van der Waals surface area contributed by atoms with E-state index in [9.17, 15) is 14.4 Å². The third kappa shape index (κ3) is 7.85. The number of likely N-dealkylation sites (N-methyl/N-ethyl adjacent to an activating group) is 1. The van der Waals surface area contributed by atoms with Crippen LogP contribution in [0.1, 0.15) is 29.5 Å². The van der Waals surface area contributed by atoms with E-state index < -0.39 is 24.0 Å². The summed E-state index contributed by atoms with van der Waals surface area (Å²) >= 11 is 7.69. The van der Waals surface area contributed by atoms with Crippen LogP contribution in [0.5, 0.6) is 0 Å². The lowest BCUT2D eigenvalue weighted by Gasteiger charge is -2.31. The fraction of sp³-hybridized carbons (Fsp3) is 0.344. The van der Waals surface area contributed by atoms with Crippen LogP contribution in [0.3, 0.4) is 0 Å². The third-order valence-corrected chi connectivity index (χ3v) is 9.39. The molecule has 4 heterocycles. The van der Waals surface area contributed by atoms with Crippen molar-refractivity contribution in [2.45, 2.75) is 60.4 Å². The van der Waals surface area contributed by atoms with Gasteiger partial charge in [-0.2, -0.15) is 0 Å². The molecule has 3 amide bonds. The van der Waals surface area contributed by atoms with E-state index in [1.54, 1.807) is 25.5 Å². The number of rotatable bonds is 6. The summed E-state index contributed by atoms with van der Waals surface area (Å²) in [5.74, 6) is -1.23. The van der Waals surface area contributed by atoms with Crippen molar-refractivity contribution in [2.24, 2.45) is 11.5 Å². The molecule has 1 aliphatic heterocycles. The number of nitrogens with zero attached hydrogens (tertiary/aromatic N) is 3. The van der Waals surface area contributed by atoms with Crippen LogP contribution in [0, 0.1) is 0 Å². The van der Waals surface area contributed by atoms with Crippen molar-refractivity contribution in [2.75, 3.05) is 20.1 Å². The van der Waals surface area contributed by atoms with Crippen molar-refractivity contribution in [1.82, 2.24) is 35.8 Å². The van der Waals surface area contributed by atoms with Crippen molar-refractivity contribution < 1.29 is 14.4 Å². The summed E-state index contributed by atoms with van der Waals surface area (Å²) in [6.07, 6.45) is 6.45. The molecule has 242 valence electrons. The SMILES string of the molecule is CN1C(=O)[C@H](CN)NC(=O)[C@H](CCCN)NCc2cccnc2Sc2cnc(Cl)cc2CNC(=O)[C@@H]1Cc1c[nH]c2ccccc12. The number of carbonyl (C=O) groups excluding carboxylic acids is 3. The van der Waals surface area contributed by atoms with Gasteiger partial charge in [-0.25, -0.2) is 9.97 Å². The van der Waals surface area contributed by atoms with Crippen LogP contribution < -0.4 is 27.4 Å². The Morgan fingerprint density at radius 1 is 1.02 bits per heavy atom. The van der Waals surface area contributed by atoms with Crippen LogP contribution in [-0.2, 0) is 33.9 Å². The monoisotopic (exact) mass is 663 g/mol. The van der Waals surface area contributed by atoms with Gasteiger partial charge < -0.3 is 37.3 Å². The summed E-state index contributed by atoms with van der Waals surface area (Å²) in [5, 5.41) is 11.1. The van der Waals surface area contributed by atoms with E-state index in [0.717, 1.165) is 32.5 Å². The molecule has 0 bridgehead atoms. The molecule has 4 aromatic rings. The van der Waals surface area contributed by atoms with Crippen LogP contribution in [0.15, 0.2) is 71.0 Å². The molecule has 8 N–H and O–H groups in total. The Balaban J connectivity index is 1.54. The first-order valence-corrected chi connectivity index (χ1v) is 16.3. The summed E-state index contributed by atoms with van der Waals surface area (Å²) < 4.78 is 0. The maximum absolute atomic E-state index is 14.0. The predicted octanol–water partition coefficient (Wildman–Crippen LogP) is 2.10. The van der Waals surface area contributed by atoms with E-state index in [-0.39, 0.29) is 36.5 Å². The highest BCUT2D eigenvalue weighted by molar-refractivity contribution is 7.99. The van der Waals surface area contributed by atoms with Gasteiger partial charge >= 0.3 is 0 Å². The Bertz CT molecular complexity index is 1700. The summed E-state index contributed by atoms with van der Waals surface area (Å²) in [5.41, 5.74) is 15.2. The number of hydrogen-bond acceptors (Lipinski definition) is 9. The number of pyridine rings is 2. The number of fused-ring (bicyclic) bond motifs is 3. The van der Waals surface area contributed by atoms with Crippen molar-refractivity contribution >= 4 is 52.0 Å². The van der Waals surface area contributed by atoms with E-state index in [1.807, 2.05) is 42.6 Å². The van der Waals surface area contributed by atoms with Gasteiger partial charge in [0, 0.05) is 67.5 Å². The number of para-hydroxylation sites is 1. The highest BCUT2D eigenvalue weighted by Crippen LogP contribution is 2.32. The van der Waals surface area contributed by atoms with E-state index >= 15 is 0 Å². The van der Waals surface area contributed by atoms with Gasteiger partial charge in [-0.05, 0) is 54.3 Å². The highest BCUT2D eigenvalue weighted by Gasteiger charge is 2.33. The van der Waals surface area contributed by atoms with Crippen LogP contribution in [0.25, 0.3) is 10.9 Å². The maximum Gasteiger partial charge on any atom is 0.246 e. The molecule has 0 unspecified atom stereocenters. The van der Waals surface area contributed by atoms with Gasteiger partial charge in [0.25, 0.3) is 0 Å². The van der Waals surface area contributed by atoms with Gasteiger partial charge in [0.15, 0.2) is 0 Å². The number of H-pyrrole nitrogens is 1. The number of amides is 3. The van der Waals surface area contributed by atoms with E-state index in [0.29, 0.717) is 31.0 Å². The van der Waals surface area contributed by atoms with Gasteiger partial charge in [-0.3, -0.25) is 14.4 Å². The summed E-state index contributed by atoms with van der Waals surface area (Å²) in [6, 6.07) is 10.6. The molecule has 14 heteroatoms. The highest BCUT2D eigenvalue weighted by atomic mass is 35.5. The largest absolute Gasteiger partial charge is 0.361 e. The first-order valence-electron chi connectivity index (χ1n) is 15.1. The second kappa shape index (κ2) is 15.5. The molecule has 0 radical (unpaired) electrons. The number of aromatic nitrogens is 3. The second-order valence-electron chi connectivity index (χ2n) is 11.1. The number of benzene rings is 1. The topological polar surface area (TPSA) is 184 Å². The number of halogens is 1. The third-order valence-electron chi connectivity index (χ3n) is 8.03. The zero-order valence-corrected chi connectivity index (χ0v) is 27.0. The Morgan fingerprint density at radius 3 is 2.65 bits per heavy atom. The minimum Gasteiger partial charge on any atom is -0.361 e. The van der Waals surface area contributed by atoms with E-state index in [4.69, 9.17) is 23.1 Å². The molecular weight excluding hydrogens is 626 g/mol. The standard InChI is InChI=1S/C32H38ClN9O3S/c1-42-26(12-20-16-37-23-8-3-2-7-22(20)23)30(44)40-17-21-13-28(33)39-18-27(21)46-31-19(6-5-11-36-31)15-38-24(9-4-10-34)29(43)41-25(14-35)32(42)45/h2-3,5-8,11,13,16,18,24-26,37-38H,4,9-10,12,14-15,17,34-35H2,1H3,(H,40,44)(H,41,43)/t24-,25-,26-/m0/s1. The number of aromatic amines is 1. The molecule has 0 fully saturated rings. The average molecular weight is 664 g/mol. The summed E-state index contributed by atoms with van der Waals surface area (Å²) in [7, 11) is 1.56. The van der Waals surface area contributed by atoms with Crippen LogP contribution in [0.2, 0.25) is 5.15 Å². The number of nitrogens with two attached hydrogens (primary N) is 2. The van der Waals surface area contributed by atoms with Gasteiger partial charge in [0.05, 0.1) is 6.04 Å². The first kappa shape index (κ1) is 33.4. The van der Waals surface area contributed by atoms with Gasteiger partial charge in [0.2, 0.25) is 17.7 Å². The van der Waals surface area contributed by atoms with Crippen molar-refractivity contribution in [3.05, 3.63) is 82.9 Å². The fourth-order valence-electron chi connectivity index (χ4n) is 5.43. The minimum absolute atomic E-state index is 0.133. The molecule has 3 aromatic heterocycles. The van der Waals surface area contributed by atoms with E-state index in [2.05, 4.69) is 30.9 Å². The Labute approximate surface area is 276 Å². The smallest absolute Gasteiger partial charge is 0.246 e. The molecule has 1 aromatic carbocycles. The molecule has 3 atom stereocenters. The minimum atomic E-state index is -1.05. The molecule has 0 spiro atoms. The molecule has 1 aliphatic rings.